The Labute approximate surface area is 190 Å². The van der Waals surface area contributed by atoms with E-state index in [1.165, 1.54) is 0 Å². The van der Waals surface area contributed by atoms with Gasteiger partial charge in [0.15, 0.2) is 8.32 Å². The van der Waals surface area contributed by atoms with E-state index < -0.39 is 55.5 Å². The molecular weight excluding hydrogens is 475 g/mol. The summed E-state index contributed by atoms with van der Waals surface area (Å²) in [6.45, 7) is 8.99. The van der Waals surface area contributed by atoms with E-state index in [-0.39, 0.29) is 19.8 Å². The maximum absolute atomic E-state index is 13.4. The van der Waals surface area contributed by atoms with Crippen LogP contribution < -0.4 is 4.74 Å². The summed E-state index contributed by atoms with van der Waals surface area (Å²) in [4.78, 5) is 11.5. The van der Waals surface area contributed by atoms with Crippen LogP contribution >= 0.6 is 0 Å². The predicted molar refractivity (Wildman–Crippen MR) is 109 cm³/mol. The Balaban J connectivity index is 2.02. The molecule has 33 heavy (non-hydrogen) atoms. The molecule has 0 saturated heterocycles. The van der Waals surface area contributed by atoms with Crippen molar-refractivity contribution >= 4 is 14.3 Å². The number of esters is 1. The Hall–Kier alpha value is -1.64. The molecule has 190 valence electrons. The molecule has 0 unspecified atom stereocenters. The van der Waals surface area contributed by atoms with Crippen LogP contribution in [0.25, 0.3) is 0 Å². The van der Waals surface area contributed by atoms with Crippen molar-refractivity contribution < 1.29 is 54.9 Å². The Morgan fingerprint density at radius 3 is 1.39 bits per heavy atom. The van der Waals surface area contributed by atoms with Crippen molar-refractivity contribution in [1.29, 1.82) is 0 Å². The summed E-state index contributed by atoms with van der Waals surface area (Å²) in [5, 5.41) is 0. The molecule has 7 nitrogen and oxygen atoms in total. The molecule has 0 atom stereocenters. The van der Waals surface area contributed by atoms with Gasteiger partial charge in [-0.05, 0) is 19.6 Å². The molecule has 0 radical (unpaired) electrons. The first-order chi connectivity index (χ1) is 15.5. The second kappa shape index (κ2) is 15.3. The topological polar surface area (TPSA) is 72.5 Å². The number of carbonyl (C=O) groups excluding carboxylic acids is 1. The maximum Gasteiger partial charge on any atom is 0.313 e. The van der Waals surface area contributed by atoms with Crippen molar-refractivity contribution in [3.05, 3.63) is 29.1 Å². The largest absolute Gasteiger partial charge is 0.420 e. The van der Waals surface area contributed by atoms with E-state index in [0.29, 0.717) is 39.6 Å². The van der Waals surface area contributed by atoms with Crippen LogP contribution in [0.4, 0.5) is 22.0 Å². The minimum atomic E-state index is -2.34. The van der Waals surface area contributed by atoms with Gasteiger partial charge in [-0.25, -0.2) is 13.2 Å². The third kappa shape index (κ3) is 11.9. The van der Waals surface area contributed by atoms with Gasteiger partial charge in [0.1, 0.15) is 0 Å². The third-order valence-electron chi connectivity index (χ3n) is 3.71. The summed E-state index contributed by atoms with van der Waals surface area (Å²) in [5.41, 5.74) is 0. The number of rotatable bonds is 17. The highest BCUT2D eigenvalue weighted by Gasteiger charge is 2.28. The summed E-state index contributed by atoms with van der Waals surface area (Å²) in [5.74, 6) is -14.1. The van der Waals surface area contributed by atoms with Crippen LogP contribution in [0.1, 0.15) is 6.42 Å². The van der Waals surface area contributed by atoms with Crippen LogP contribution in [-0.2, 0) is 28.2 Å². The van der Waals surface area contributed by atoms with Crippen LogP contribution in [0.5, 0.6) is 5.75 Å². The van der Waals surface area contributed by atoms with Gasteiger partial charge in [0.25, 0.3) is 0 Å². The van der Waals surface area contributed by atoms with E-state index in [2.05, 4.69) is 24.4 Å². The fraction of sp³-hybridized carbons (Fsp3) is 0.650. The highest BCUT2D eigenvalue weighted by molar-refractivity contribution is 6.69. The quantitative estimate of drug-likeness (QED) is 0.0611. The van der Waals surface area contributed by atoms with E-state index in [1.54, 1.807) is 0 Å². The van der Waals surface area contributed by atoms with Crippen molar-refractivity contribution in [2.24, 2.45) is 0 Å². The summed E-state index contributed by atoms with van der Waals surface area (Å²) < 4.78 is 96.9. The van der Waals surface area contributed by atoms with E-state index in [1.807, 2.05) is 0 Å². The average Bonchev–Trinajstić information content (AvgIpc) is 2.75. The number of halogens is 5. The number of benzene rings is 1. The van der Waals surface area contributed by atoms with Crippen molar-refractivity contribution in [3.63, 3.8) is 0 Å². The lowest BCUT2D eigenvalue weighted by Gasteiger charge is -2.16. The molecule has 0 heterocycles. The maximum atomic E-state index is 13.4. The van der Waals surface area contributed by atoms with Crippen LogP contribution in [0.3, 0.4) is 0 Å². The van der Waals surface area contributed by atoms with Crippen molar-refractivity contribution in [1.82, 2.24) is 0 Å². The molecule has 1 aromatic carbocycles. The molecular formula is C20H29F5O7Si. The van der Waals surface area contributed by atoms with Crippen LogP contribution in [0.15, 0.2) is 0 Å². The summed E-state index contributed by atoms with van der Waals surface area (Å²) in [7, 11) is -1.52. The van der Waals surface area contributed by atoms with Crippen LogP contribution in [-0.4, -0.2) is 73.7 Å². The molecule has 0 aliphatic rings. The molecule has 0 spiro atoms. The van der Waals surface area contributed by atoms with Gasteiger partial charge in [-0.3, -0.25) is 4.79 Å². The molecule has 0 aliphatic heterocycles. The highest BCUT2D eigenvalue weighted by atomic mass is 28.4. The molecule has 0 aliphatic carbocycles. The van der Waals surface area contributed by atoms with Gasteiger partial charge in [-0.2, -0.15) is 8.78 Å². The van der Waals surface area contributed by atoms with Crippen molar-refractivity contribution in [3.8, 4) is 5.75 Å². The summed E-state index contributed by atoms with van der Waals surface area (Å²) in [6.07, 6.45) is -0.467. The van der Waals surface area contributed by atoms with Gasteiger partial charge in [-0.1, -0.05) is 0 Å². The Bertz CT molecular complexity index is 717. The predicted octanol–water partition coefficient (Wildman–Crippen LogP) is 3.60. The van der Waals surface area contributed by atoms with Gasteiger partial charge < -0.3 is 28.1 Å². The lowest BCUT2D eigenvalue weighted by Crippen LogP contribution is -2.27. The molecule has 0 saturated carbocycles. The molecule has 0 amide bonds. The first-order valence-electron chi connectivity index (χ1n) is 10.2. The van der Waals surface area contributed by atoms with E-state index in [4.69, 9.17) is 23.4 Å². The second-order valence-electron chi connectivity index (χ2n) is 7.53. The monoisotopic (exact) mass is 504 g/mol. The zero-order chi connectivity index (χ0) is 24.9. The van der Waals surface area contributed by atoms with Gasteiger partial charge in [0, 0.05) is 0 Å². The van der Waals surface area contributed by atoms with Gasteiger partial charge >= 0.3 is 5.97 Å². The standard InChI is InChI=1S/C20H29F5O7Si/c1-33(2,3)31-13-12-30-11-10-29-9-8-28-7-6-27-5-4-14(26)32-20-18(24)16(22)15(21)17(23)19(20)25/h4-13H2,1-3H3. The summed E-state index contributed by atoms with van der Waals surface area (Å²) in [6, 6.07) is 0. The van der Waals surface area contributed by atoms with Gasteiger partial charge in [0.05, 0.1) is 65.9 Å². The molecule has 0 aromatic heterocycles. The van der Waals surface area contributed by atoms with Crippen LogP contribution in [0, 0.1) is 29.1 Å². The van der Waals surface area contributed by atoms with Gasteiger partial charge in [0.2, 0.25) is 34.8 Å². The SMILES string of the molecule is C[Si](C)(C)OCCOCCOCCOCCOCCC(=O)Oc1c(F)c(F)c(F)c(F)c1F. The molecule has 0 fully saturated rings. The first-order valence-corrected chi connectivity index (χ1v) is 13.6. The zero-order valence-corrected chi connectivity index (χ0v) is 19.8. The molecule has 13 heteroatoms. The van der Waals surface area contributed by atoms with E-state index in [9.17, 15) is 26.7 Å². The number of hydrogen-bond acceptors (Lipinski definition) is 7. The second-order valence-corrected chi connectivity index (χ2v) is 12.0. The minimum Gasteiger partial charge on any atom is -0.420 e. The average molecular weight is 505 g/mol. The Kier molecular flexibility index (Phi) is 13.6. The highest BCUT2D eigenvalue weighted by Crippen LogP contribution is 2.29. The van der Waals surface area contributed by atoms with Gasteiger partial charge in [-0.15, -0.1) is 0 Å². The Morgan fingerprint density at radius 1 is 0.606 bits per heavy atom. The van der Waals surface area contributed by atoms with Crippen molar-refractivity contribution in [2.75, 3.05) is 59.5 Å². The first kappa shape index (κ1) is 29.4. The lowest BCUT2D eigenvalue weighted by molar-refractivity contribution is -0.136. The molecule has 1 rings (SSSR count). The number of hydrogen-bond donors (Lipinski definition) is 0. The summed E-state index contributed by atoms with van der Waals surface area (Å²) >= 11 is 0. The van der Waals surface area contributed by atoms with E-state index in [0.717, 1.165) is 0 Å². The third-order valence-corrected chi connectivity index (χ3v) is 4.78. The fourth-order valence-corrected chi connectivity index (χ4v) is 2.86. The van der Waals surface area contributed by atoms with Crippen molar-refractivity contribution in [2.45, 2.75) is 26.1 Å². The molecule has 1 aromatic rings. The lowest BCUT2D eigenvalue weighted by atomic mass is 10.2. The number of carbonyl (C=O) groups is 1. The Morgan fingerprint density at radius 2 is 0.970 bits per heavy atom. The molecule has 0 N–H and O–H groups in total. The normalized spacial score (nSPS) is 11.8. The minimum absolute atomic E-state index is 0.107. The number of ether oxygens (including phenoxy) is 5. The van der Waals surface area contributed by atoms with Crippen LogP contribution in [0.2, 0.25) is 19.6 Å². The smallest absolute Gasteiger partial charge is 0.313 e. The zero-order valence-electron chi connectivity index (χ0n) is 18.8. The van der Waals surface area contributed by atoms with E-state index >= 15 is 0 Å². The fourth-order valence-electron chi connectivity index (χ4n) is 2.16. The molecule has 0 bridgehead atoms.